The molecule has 0 unspecified atom stereocenters. The molecule has 0 saturated carbocycles. The van der Waals surface area contributed by atoms with E-state index in [2.05, 4.69) is 16.9 Å². The fourth-order valence-corrected chi connectivity index (χ4v) is 2.24. The molecule has 1 aromatic heterocycles. The summed E-state index contributed by atoms with van der Waals surface area (Å²) in [6.07, 6.45) is 8.47. The molecule has 2 rings (SSSR count). The average Bonchev–Trinajstić information content (AvgIpc) is 2.56. The molecule has 0 aliphatic rings. The Morgan fingerprint density at radius 1 is 1.00 bits per heavy atom. The van der Waals surface area contributed by atoms with E-state index < -0.39 is 5.95 Å². The summed E-state index contributed by atoms with van der Waals surface area (Å²) in [4.78, 5) is 8.05. The minimum Gasteiger partial charge on any atom is -0.487 e. The molecule has 0 aliphatic heterocycles. The molecule has 118 valence electrons. The van der Waals surface area contributed by atoms with Crippen LogP contribution >= 0.6 is 0 Å². The van der Waals surface area contributed by atoms with Crippen molar-refractivity contribution in [3.05, 3.63) is 42.5 Å². The molecular formula is C18H23FN2O. The molecule has 0 bridgehead atoms. The fourth-order valence-electron chi connectivity index (χ4n) is 2.24. The van der Waals surface area contributed by atoms with Crippen LogP contribution in [0.5, 0.6) is 5.75 Å². The van der Waals surface area contributed by atoms with Gasteiger partial charge in [-0.15, -0.1) is 0 Å². The number of halogens is 1. The van der Waals surface area contributed by atoms with Gasteiger partial charge in [0.25, 0.3) is 5.95 Å². The van der Waals surface area contributed by atoms with Crippen molar-refractivity contribution in [1.82, 2.24) is 9.97 Å². The van der Waals surface area contributed by atoms with E-state index in [1.54, 1.807) is 0 Å². The highest BCUT2D eigenvalue weighted by molar-refractivity contribution is 5.54. The third kappa shape index (κ3) is 5.10. The van der Waals surface area contributed by atoms with E-state index in [9.17, 15) is 4.39 Å². The van der Waals surface area contributed by atoms with Crippen molar-refractivity contribution < 1.29 is 9.13 Å². The van der Waals surface area contributed by atoms with E-state index in [0.29, 0.717) is 12.4 Å². The van der Waals surface area contributed by atoms with Crippen LogP contribution in [-0.2, 0) is 0 Å². The lowest BCUT2D eigenvalue weighted by molar-refractivity contribution is 0.284. The maximum absolute atomic E-state index is 13.9. The fraction of sp³-hybridized carbons (Fsp3) is 0.444. The van der Waals surface area contributed by atoms with Gasteiger partial charge in [0.15, 0.2) is 11.6 Å². The highest BCUT2D eigenvalue weighted by atomic mass is 19.1. The number of benzene rings is 1. The van der Waals surface area contributed by atoms with Gasteiger partial charge in [-0.1, -0.05) is 69.4 Å². The van der Waals surface area contributed by atoms with Crippen LogP contribution in [0.1, 0.15) is 45.4 Å². The zero-order valence-electron chi connectivity index (χ0n) is 13.1. The molecule has 1 heterocycles. The Kier molecular flexibility index (Phi) is 6.81. The molecule has 3 nitrogen and oxygen atoms in total. The Bertz CT molecular complexity index is 560. The summed E-state index contributed by atoms with van der Waals surface area (Å²) in [5.74, 6) is -0.0851. The molecule has 0 aliphatic carbocycles. The number of aromatic nitrogens is 2. The Balaban J connectivity index is 1.80. The van der Waals surface area contributed by atoms with Gasteiger partial charge in [-0.3, -0.25) is 0 Å². The van der Waals surface area contributed by atoms with Crippen LogP contribution < -0.4 is 4.74 Å². The van der Waals surface area contributed by atoms with Crippen LogP contribution in [-0.4, -0.2) is 16.6 Å². The van der Waals surface area contributed by atoms with E-state index in [4.69, 9.17) is 4.74 Å². The lowest BCUT2D eigenvalue weighted by Crippen LogP contribution is -2.02. The quantitative estimate of drug-likeness (QED) is 0.482. The van der Waals surface area contributed by atoms with E-state index in [1.165, 1.54) is 31.9 Å². The van der Waals surface area contributed by atoms with Gasteiger partial charge in [0.1, 0.15) is 0 Å². The van der Waals surface area contributed by atoms with Crippen molar-refractivity contribution in [1.29, 1.82) is 0 Å². The van der Waals surface area contributed by atoms with Gasteiger partial charge in [-0.05, 0) is 6.42 Å². The maximum atomic E-state index is 13.9. The van der Waals surface area contributed by atoms with E-state index in [-0.39, 0.29) is 5.75 Å². The molecule has 0 radical (unpaired) electrons. The van der Waals surface area contributed by atoms with Crippen LogP contribution in [0.25, 0.3) is 11.4 Å². The molecule has 0 saturated heterocycles. The summed E-state index contributed by atoms with van der Waals surface area (Å²) in [5.41, 5.74) is 0.795. The zero-order valence-corrected chi connectivity index (χ0v) is 13.1. The van der Waals surface area contributed by atoms with Gasteiger partial charge in [0.2, 0.25) is 0 Å². The molecule has 4 heteroatoms. The lowest BCUT2D eigenvalue weighted by Gasteiger charge is -2.07. The van der Waals surface area contributed by atoms with Crippen molar-refractivity contribution in [3.8, 4) is 17.1 Å². The molecular weight excluding hydrogens is 279 g/mol. The number of unbranched alkanes of at least 4 members (excludes halogenated alkanes) is 5. The molecule has 0 fully saturated rings. The first kappa shape index (κ1) is 16.4. The topological polar surface area (TPSA) is 35.0 Å². The first-order chi connectivity index (χ1) is 10.8. The summed E-state index contributed by atoms with van der Waals surface area (Å²) in [6, 6.07) is 9.36. The largest absolute Gasteiger partial charge is 0.487 e. The molecule has 2 aromatic rings. The molecule has 0 N–H and O–H groups in total. The summed E-state index contributed by atoms with van der Waals surface area (Å²) in [5, 5.41) is 0. The van der Waals surface area contributed by atoms with Gasteiger partial charge in [-0.25, -0.2) is 4.98 Å². The van der Waals surface area contributed by atoms with Crippen molar-refractivity contribution in [2.75, 3.05) is 6.61 Å². The molecule has 0 spiro atoms. The van der Waals surface area contributed by atoms with Crippen LogP contribution in [0, 0.1) is 5.95 Å². The monoisotopic (exact) mass is 302 g/mol. The second-order valence-corrected chi connectivity index (χ2v) is 5.33. The van der Waals surface area contributed by atoms with Crippen LogP contribution in [0.3, 0.4) is 0 Å². The third-order valence-electron chi connectivity index (χ3n) is 3.50. The predicted octanol–water partition coefficient (Wildman–Crippen LogP) is 5.02. The van der Waals surface area contributed by atoms with E-state index in [1.807, 2.05) is 30.3 Å². The zero-order chi connectivity index (χ0) is 15.6. The number of hydrogen-bond acceptors (Lipinski definition) is 3. The van der Waals surface area contributed by atoms with Gasteiger partial charge >= 0.3 is 0 Å². The lowest BCUT2D eigenvalue weighted by atomic mass is 10.1. The summed E-state index contributed by atoms with van der Waals surface area (Å²) >= 11 is 0. The van der Waals surface area contributed by atoms with Crippen LogP contribution in [0.15, 0.2) is 36.5 Å². The SMILES string of the molecule is CCCCCCCCOc1cnc(-c2ccccc2)nc1F. The van der Waals surface area contributed by atoms with Crippen molar-refractivity contribution in [2.24, 2.45) is 0 Å². The summed E-state index contributed by atoms with van der Waals surface area (Å²) < 4.78 is 19.4. The van der Waals surface area contributed by atoms with E-state index >= 15 is 0 Å². The summed E-state index contributed by atoms with van der Waals surface area (Å²) in [6.45, 7) is 2.71. The predicted molar refractivity (Wildman–Crippen MR) is 86.3 cm³/mol. The average molecular weight is 302 g/mol. The number of ether oxygens (including phenoxy) is 1. The Morgan fingerprint density at radius 2 is 1.73 bits per heavy atom. The molecule has 0 amide bonds. The smallest absolute Gasteiger partial charge is 0.258 e. The van der Waals surface area contributed by atoms with Gasteiger partial charge < -0.3 is 4.74 Å². The number of nitrogens with zero attached hydrogens (tertiary/aromatic N) is 2. The maximum Gasteiger partial charge on any atom is 0.258 e. The standard InChI is InChI=1S/C18H23FN2O/c1-2-3-4-5-6-10-13-22-16-14-20-18(21-17(16)19)15-11-8-7-9-12-15/h7-9,11-12,14H,2-6,10,13H2,1H3. The highest BCUT2D eigenvalue weighted by Crippen LogP contribution is 2.19. The molecule has 1 aromatic carbocycles. The number of hydrogen-bond donors (Lipinski definition) is 0. The Hall–Kier alpha value is -1.97. The van der Waals surface area contributed by atoms with Gasteiger partial charge in [-0.2, -0.15) is 9.37 Å². The third-order valence-corrected chi connectivity index (χ3v) is 3.50. The highest BCUT2D eigenvalue weighted by Gasteiger charge is 2.09. The molecule has 0 atom stereocenters. The van der Waals surface area contributed by atoms with Crippen molar-refractivity contribution in [3.63, 3.8) is 0 Å². The molecule has 22 heavy (non-hydrogen) atoms. The first-order valence-electron chi connectivity index (χ1n) is 8.02. The Labute approximate surface area is 131 Å². The minimum atomic E-state index is -0.597. The first-order valence-corrected chi connectivity index (χ1v) is 8.02. The van der Waals surface area contributed by atoms with Crippen molar-refractivity contribution in [2.45, 2.75) is 45.4 Å². The Morgan fingerprint density at radius 3 is 2.45 bits per heavy atom. The number of rotatable bonds is 9. The van der Waals surface area contributed by atoms with E-state index in [0.717, 1.165) is 18.4 Å². The normalized spacial score (nSPS) is 10.6. The van der Waals surface area contributed by atoms with Crippen LogP contribution in [0.4, 0.5) is 4.39 Å². The second-order valence-electron chi connectivity index (χ2n) is 5.33. The minimum absolute atomic E-state index is 0.133. The van der Waals surface area contributed by atoms with Gasteiger partial charge in [0, 0.05) is 5.56 Å². The van der Waals surface area contributed by atoms with Gasteiger partial charge in [0.05, 0.1) is 12.8 Å². The summed E-state index contributed by atoms with van der Waals surface area (Å²) in [7, 11) is 0. The van der Waals surface area contributed by atoms with Crippen LogP contribution in [0.2, 0.25) is 0 Å². The second kappa shape index (κ2) is 9.13. The van der Waals surface area contributed by atoms with Crippen molar-refractivity contribution >= 4 is 0 Å².